The maximum atomic E-state index is 4.73. The highest BCUT2D eigenvalue weighted by atomic mass is 15.1. The standard InChI is InChI=1S/C40H37N3/c1-3-40(4-2,43-39-41-28-35(29-42-39)30-16-8-5-9-17-30)37-23-15-14-22-36(37)31-24-26-34(27-25-31)38(32-18-10-6-11-19-32)33-20-12-7-13-21-33/h5-29,38H,3-4H2,1-2H3,(H,41,42,43). The Morgan fingerprint density at radius 3 is 1.56 bits per heavy atom. The lowest BCUT2D eigenvalue weighted by molar-refractivity contribution is 0.452. The molecule has 6 rings (SSSR count). The smallest absolute Gasteiger partial charge is 0.223 e. The summed E-state index contributed by atoms with van der Waals surface area (Å²) in [4.78, 5) is 9.46. The van der Waals surface area contributed by atoms with Crippen LogP contribution < -0.4 is 5.32 Å². The van der Waals surface area contributed by atoms with Crippen molar-refractivity contribution in [2.75, 3.05) is 5.32 Å². The molecule has 0 unspecified atom stereocenters. The fourth-order valence-electron chi connectivity index (χ4n) is 6.14. The third-order valence-corrected chi connectivity index (χ3v) is 8.58. The third-order valence-electron chi connectivity index (χ3n) is 8.58. The van der Waals surface area contributed by atoms with E-state index in [4.69, 9.17) is 9.97 Å². The lowest BCUT2D eigenvalue weighted by Gasteiger charge is -2.35. The van der Waals surface area contributed by atoms with Crippen LogP contribution in [0.2, 0.25) is 0 Å². The summed E-state index contributed by atoms with van der Waals surface area (Å²) >= 11 is 0. The number of nitrogens with zero attached hydrogens (tertiary/aromatic N) is 2. The van der Waals surface area contributed by atoms with Crippen molar-refractivity contribution in [2.45, 2.75) is 38.1 Å². The number of aromatic nitrogens is 2. The van der Waals surface area contributed by atoms with E-state index in [1.54, 1.807) is 0 Å². The van der Waals surface area contributed by atoms with Gasteiger partial charge in [0.25, 0.3) is 0 Å². The molecule has 0 saturated carbocycles. The third kappa shape index (κ3) is 5.98. The molecule has 0 aliphatic rings. The summed E-state index contributed by atoms with van der Waals surface area (Å²) in [5.41, 5.74) is 9.35. The van der Waals surface area contributed by atoms with Crippen LogP contribution in [0.25, 0.3) is 22.3 Å². The largest absolute Gasteiger partial charge is 0.345 e. The van der Waals surface area contributed by atoms with E-state index < -0.39 is 0 Å². The zero-order valence-electron chi connectivity index (χ0n) is 24.8. The second-order valence-corrected chi connectivity index (χ2v) is 11.0. The number of nitrogens with one attached hydrogen (secondary N) is 1. The van der Waals surface area contributed by atoms with Crippen LogP contribution in [0, 0.1) is 0 Å². The number of benzene rings is 5. The van der Waals surface area contributed by atoms with Crippen LogP contribution in [0.5, 0.6) is 0 Å². The average Bonchev–Trinajstić information content (AvgIpc) is 3.09. The Morgan fingerprint density at radius 1 is 0.512 bits per heavy atom. The fraction of sp³-hybridized carbons (Fsp3) is 0.150. The maximum Gasteiger partial charge on any atom is 0.223 e. The molecule has 1 aromatic heterocycles. The normalized spacial score (nSPS) is 11.4. The Balaban J connectivity index is 1.33. The van der Waals surface area contributed by atoms with Gasteiger partial charge in [0, 0.05) is 23.9 Å². The molecule has 43 heavy (non-hydrogen) atoms. The van der Waals surface area contributed by atoms with Gasteiger partial charge in [-0.15, -0.1) is 0 Å². The highest BCUT2D eigenvalue weighted by Crippen LogP contribution is 2.40. The predicted molar refractivity (Wildman–Crippen MR) is 179 cm³/mol. The molecule has 0 amide bonds. The van der Waals surface area contributed by atoms with Crippen LogP contribution in [0.4, 0.5) is 5.95 Å². The van der Waals surface area contributed by atoms with Crippen LogP contribution in [0.3, 0.4) is 0 Å². The van der Waals surface area contributed by atoms with Gasteiger partial charge in [0.05, 0.1) is 5.54 Å². The Bertz CT molecular complexity index is 1690. The van der Waals surface area contributed by atoms with Gasteiger partial charge in [0.2, 0.25) is 5.95 Å². The van der Waals surface area contributed by atoms with Gasteiger partial charge in [0.15, 0.2) is 0 Å². The summed E-state index contributed by atoms with van der Waals surface area (Å²) in [5, 5.41) is 3.75. The Kier molecular flexibility index (Phi) is 8.42. The van der Waals surface area contributed by atoms with Crippen LogP contribution in [-0.4, -0.2) is 9.97 Å². The lowest BCUT2D eigenvalue weighted by atomic mass is 9.79. The summed E-state index contributed by atoms with van der Waals surface area (Å²) in [7, 11) is 0. The molecule has 3 heteroatoms. The Hall–Kier alpha value is -5.02. The second kappa shape index (κ2) is 12.9. The Morgan fingerprint density at radius 2 is 1.00 bits per heavy atom. The topological polar surface area (TPSA) is 37.8 Å². The number of hydrogen-bond donors (Lipinski definition) is 1. The van der Waals surface area contributed by atoms with Crippen LogP contribution in [0.15, 0.2) is 152 Å². The van der Waals surface area contributed by atoms with Crippen molar-refractivity contribution >= 4 is 5.95 Å². The first-order valence-corrected chi connectivity index (χ1v) is 15.2. The van der Waals surface area contributed by atoms with E-state index in [1.807, 2.05) is 30.6 Å². The lowest BCUT2D eigenvalue weighted by Crippen LogP contribution is -2.35. The molecule has 1 N–H and O–H groups in total. The van der Waals surface area contributed by atoms with Gasteiger partial charge in [-0.2, -0.15) is 0 Å². The minimum Gasteiger partial charge on any atom is -0.345 e. The van der Waals surface area contributed by atoms with Crippen molar-refractivity contribution in [3.8, 4) is 22.3 Å². The molecule has 0 bridgehead atoms. The minimum absolute atomic E-state index is 0.176. The Labute approximate surface area is 255 Å². The van der Waals surface area contributed by atoms with E-state index in [9.17, 15) is 0 Å². The van der Waals surface area contributed by atoms with E-state index in [2.05, 4.69) is 140 Å². The quantitative estimate of drug-likeness (QED) is 0.170. The van der Waals surface area contributed by atoms with Crippen molar-refractivity contribution in [3.05, 3.63) is 174 Å². The molecule has 0 aliphatic heterocycles. The molecule has 6 aromatic rings. The molecule has 0 radical (unpaired) electrons. The van der Waals surface area contributed by atoms with Crippen molar-refractivity contribution in [1.82, 2.24) is 9.97 Å². The van der Waals surface area contributed by atoms with Gasteiger partial charge in [-0.25, -0.2) is 9.97 Å². The fourth-order valence-corrected chi connectivity index (χ4v) is 6.14. The van der Waals surface area contributed by atoms with E-state index >= 15 is 0 Å². The van der Waals surface area contributed by atoms with E-state index in [1.165, 1.54) is 33.4 Å². The molecule has 1 heterocycles. The molecule has 0 atom stereocenters. The molecule has 0 aliphatic carbocycles. The zero-order chi connectivity index (χ0) is 29.5. The van der Waals surface area contributed by atoms with Crippen molar-refractivity contribution in [1.29, 1.82) is 0 Å². The van der Waals surface area contributed by atoms with Gasteiger partial charge in [-0.1, -0.05) is 153 Å². The van der Waals surface area contributed by atoms with Crippen molar-refractivity contribution in [2.24, 2.45) is 0 Å². The summed E-state index contributed by atoms with van der Waals surface area (Å²) in [6.45, 7) is 4.47. The zero-order valence-corrected chi connectivity index (χ0v) is 24.8. The molecular weight excluding hydrogens is 522 g/mol. The number of anilines is 1. The van der Waals surface area contributed by atoms with Crippen molar-refractivity contribution in [3.63, 3.8) is 0 Å². The van der Waals surface area contributed by atoms with Gasteiger partial charge in [-0.3, -0.25) is 0 Å². The molecule has 0 fully saturated rings. The van der Waals surface area contributed by atoms with E-state index in [0.29, 0.717) is 5.95 Å². The SMILES string of the molecule is CCC(CC)(Nc1ncc(-c2ccccc2)cn1)c1ccccc1-c1ccc(C(c2ccccc2)c2ccccc2)cc1. The highest BCUT2D eigenvalue weighted by molar-refractivity contribution is 5.70. The molecule has 3 nitrogen and oxygen atoms in total. The maximum absolute atomic E-state index is 4.73. The van der Waals surface area contributed by atoms with Crippen molar-refractivity contribution < 1.29 is 0 Å². The molecule has 0 saturated heterocycles. The summed E-state index contributed by atoms with van der Waals surface area (Å²) in [6, 6.07) is 49.6. The summed E-state index contributed by atoms with van der Waals surface area (Å²) < 4.78 is 0. The van der Waals surface area contributed by atoms with Gasteiger partial charge < -0.3 is 5.32 Å². The predicted octanol–water partition coefficient (Wildman–Crippen LogP) is 10.1. The summed E-state index contributed by atoms with van der Waals surface area (Å²) in [5.74, 6) is 0.817. The second-order valence-electron chi connectivity index (χ2n) is 11.0. The van der Waals surface area contributed by atoms with Crippen LogP contribution in [0.1, 0.15) is 54.9 Å². The molecule has 212 valence electrons. The van der Waals surface area contributed by atoms with Crippen LogP contribution in [-0.2, 0) is 5.54 Å². The molecular formula is C40H37N3. The van der Waals surface area contributed by atoms with Gasteiger partial charge in [0.1, 0.15) is 0 Å². The molecule has 5 aromatic carbocycles. The first-order chi connectivity index (χ1) is 21.2. The number of hydrogen-bond acceptors (Lipinski definition) is 3. The van der Waals surface area contributed by atoms with Gasteiger partial charge >= 0.3 is 0 Å². The summed E-state index contributed by atoms with van der Waals surface area (Å²) in [6.07, 6.45) is 5.60. The average molecular weight is 560 g/mol. The first-order valence-electron chi connectivity index (χ1n) is 15.2. The number of rotatable bonds is 10. The van der Waals surface area contributed by atoms with E-state index in [-0.39, 0.29) is 11.5 Å². The van der Waals surface area contributed by atoms with E-state index in [0.717, 1.165) is 24.0 Å². The van der Waals surface area contributed by atoms with Gasteiger partial charge in [-0.05, 0) is 51.8 Å². The monoisotopic (exact) mass is 559 g/mol. The van der Waals surface area contributed by atoms with Crippen LogP contribution >= 0.6 is 0 Å². The minimum atomic E-state index is -0.319. The molecule has 0 spiro atoms. The first kappa shape index (κ1) is 28.1. The highest BCUT2D eigenvalue weighted by Gasteiger charge is 2.32.